The van der Waals surface area contributed by atoms with Gasteiger partial charge in [0.1, 0.15) is 0 Å². The monoisotopic (exact) mass is 260 g/mol. The van der Waals surface area contributed by atoms with E-state index in [1.807, 2.05) is 0 Å². The van der Waals surface area contributed by atoms with Crippen LogP contribution in [-0.4, -0.2) is 0 Å². The van der Waals surface area contributed by atoms with Crippen LogP contribution in [0.2, 0.25) is 0 Å². The lowest BCUT2D eigenvalue weighted by molar-refractivity contribution is 0.441. The van der Waals surface area contributed by atoms with E-state index in [9.17, 15) is 0 Å². The van der Waals surface area contributed by atoms with Crippen molar-refractivity contribution >= 4 is 0 Å². The van der Waals surface area contributed by atoms with Crippen molar-refractivity contribution in [3.63, 3.8) is 0 Å². The highest BCUT2D eigenvalue weighted by Gasteiger charge is 2.19. The summed E-state index contributed by atoms with van der Waals surface area (Å²) in [5.74, 6) is 0. The molecule has 0 spiro atoms. The molecule has 0 nitrogen and oxygen atoms in total. The minimum Gasteiger partial charge on any atom is -0.0654 e. The Morgan fingerprint density at radius 1 is 0.737 bits per heavy atom. The van der Waals surface area contributed by atoms with E-state index in [-0.39, 0.29) is 0 Å². The molecule has 0 heteroatoms. The highest BCUT2D eigenvalue weighted by atomic mass is 14.2. The third-order valence-corrected chi connectivity index (χ3v) is 4.21. The van der Waals surface area contributed by atoms with Gasteiger partial charge >= 0.3 is 0 Å². The van der Waals surface area contributed by atoms with Crippen LogP contribution in [0.25, 0.3) is 0 Å². The molecule has 0 N–H and O–H groups in total. The van der Waals surface area contributed by atoms with Crippen molar-refractivity contribution in [2.24, 2.45) is 0 Å². The SMILES string of the molecule is CCCCCCCCCCC(C)(C)c1ccccc1. The molecule has 1 rings (SSSR count). The smallest absolute Gasteiger partial charge is 0.0104 e. The van der Waals surface area contributed by atoms with Gasteiger partial charge in [0.25, 0.3) is 0 Å². The summed E-state index contributed by atoms with van der Waals surface area (Å²) in [6.07, 6.45) is 12.6. The lowest BCUT2D eigenvalue weighted by atomic mass is 9.80. The van der Waals surface area contributed by atoms with Gasteiger partial charge in [0.15, 0.2) is 0 Å². The summed E-state index contributed by atoms with van der Waals surface area (Å²) in [7, 11) is 0. The zero-order valence-electron chi connectivity index (χ0n) is 13.3. The Morgan fingerprint density at radius 2 is 1.26 bits per heavy atom. The fraction of sp³-hybridized carbons (Fsp3) is 0.684. The summed E-state index contributed by atoms with van der Waals surface area (Å²) in [6, 6.07) is 11.0. The lowest BCUT2D eigenvalue weighted by Gasteiger charge is -2.25. The van der Waals surface area contributed by atoms with Crippen LogP contribution in [0.1, 0.15) is 84.1 Å². The molecule has 19 heavy (non-hydrogen) atoms. The molecule has 0 aliphatic carbocycles. The van der Waals surface area contributed by atoms with E-state index in [1.54, 1.807) is 0 Å². The van der Waals surface area contributed by atoms with Crippen molar-refractivity contribution in [2.75, 3.05) is 0 Å². The summed E-state index contributed by atoms with van der Waals surface area (Å²) in [4.78, 5) is 0. The minimum atomic E-state index is 0.337. The molecule has 108 valence electrons. The normalized spacial score (nSPS) is 11.7. The summed E-state index contributed by atoms with van der Waals surface area (Å²) in [5.41, 5.74) is 1.82. The average Bonchev–Trinajstić information content (AvgIpc) is 2.43. The Morgan fingerprint density at radius 3 is 1.84 bits per heavy atom. The summed E-state index contributed by atoms with van der Waals surface area (Å²) in [6.45, 7) is 7.04. The van der Waals surface area contributed by atoms with Crippen molar-refractivity contribution < 1.29 is 0 Å². The van der Waals surface area contributed by atoms with Crippen molar-refractivity contribution in [1.29, 1.82) is 0 Å². The topological polar surface area (TPSA) is 0 Å². The zero-order chi connectivity index (χ0) is 14.0. The molecule has 0 aliphatic heterocycles. The van der Waals surface area contributed by atoms with Crippen molar-refractivity contribution in [3.8, 4) is 0 Å². The Hall–Kier alpha value is -0.780. The van der Waals surface area contributed by atoms with Crippen LogP contribution in [0.3, 0.4) is 0 Å². The zero-order valence-corrected chi connectivity index (χ0v) is 13.3. The molecule has 1 aromatic rings. The first-order chi connectivity index (χ1) is 9.17. The second-order valence-electron chi connectivity index (χ2n) is 6.47. The predicted molar refractivity (Wildman–Crippen MR) is 86.7 cm³/mol. The fourth-order valence-electron chi connectivity index (χ4n) is 2.73. The predicted octanol–water partition coefficient (Wildman–Crippen LogP) is 6.50. The summed E-state index contributed by atoms with van der Waals surface area (Å²) < 4.78 is 0. The highest BCUT2D eigenvalue weighted by molar-refractivity contribution is 5.23. The summed E-state index contributed by atoms with van der Waals surface area (Å²) in [5, 5.41) is 0. The maximum atomic E-state index is 2.38. The van der Waals surface area contributed by atoms with Crippen molar-refractivity contribution in [2.45, 2.75) is 84.0 Å². The number of hydrogen-bond acceptors (Lipinski definition) is 0. The second-order valence-corrected chi connectivity index (χ2v) is 6.47. The van der Waals surface area contributed by atoms with Gasteiger partial charge in [-0.25, -0.2) is 0 Å². The molecular weight excluding hydrogens is 228 g/mol. The van der Waals surface area contributed by atoms with Gasteiger partial charge in [0, 0.05) is 0 Å². The van der Waals surface area contributed by atoms with E-state index < -0.39 is 0 Å². The Balaban J connectivity index is 2.12. The van der Waals surface area contributed by atoms with E-state index in [2.05, 4.69) is 51.1 Å². The van der Waals surface area contributed by atoms with Gasteiger partial charge in [0.2, 0.25) is 0 Å². The first-order valence-electron chi connectivity index (χ1n) is 8.22. The molecule has 0 bridgehead atoms. The van der Waals surface area contributed by atoms with Crippen LogP contribution in [0.5, 0.6) is 0 Å². The van der Waals surface area contributed by atoms with Gasteiger partial charge in [-0.15, -0.1) is 0 Å². The van der Waals surface area contributed by atoms with Crippen LogP contribution >= 0.6 is 0 Å². The number of benzene rings is 1. The second kappa shape index (κ2) is 9.18. The van der Waals surface area contributed by atoms with Crippen molar-refractivity contribution in [1.82, 2.24) is 0 Å². The quantitative estimate of drug-likeness (QED) is 0.421. The molecule has 0 atom stereocenters. The van der Waals surface area contributed by atoms with Gasteiger partial charge < -0.3 is 0 Å². The maximum Gasteiger partial charge on any atom is -0.0104 e. The minimum absolute atomic E-state index is 0.337. The third-order valence-electron chi connectivity index (χ3n) is 4.21. The molecule has 0 heterocycles. The maximum absolute atomic E-state index is 2.38. The molecule has 0 saturated carbocycles. The molecule has 1 aromatic carbocycles. The Labute approximate surface area is 120 Å². The van der Waals surface area contributed by atoms with Crippen LogP contribution in [-0.2, 0) is 5.41 Å². The molecule has 0 unspecified atom stereocenters. The van der Waals surface area contributed by atoms with Crippen molar-refractivity contribution in [3.05, 3.63) is 35.9 Å². The van der Waals surface area contributed by atoms with Crippen LogP contribution in [0.15, 0.2) is 30.3 Å². The fourth-order valence-corrected chi connectivity index (χ4v) is 2.73. The molecule has 0 aliphatic rings. The van der Waals surface area contributed by atoms with E-state index in [0.717, 1.165) is 0 Å². The highest BCUT2D eigenvalue weighted by Crippen LogP contribution is 2.29. The van der Waals surface area contributed by atoms with Gasteiger partial charge in [-0.1, -0.05) is 102 Å². The van der Waals surface area contributed by atoms with E-state index in [4.69, 9.17) is 0 Å². The molecule has 0 saturated heterocycles. The number of hydrogen-bond donors (Lipinski definition) is 0. The van der Waals surface area contributed by atoms with Crippen LogP contribution in [0, 0.1) is 0 Å². The molecule has 0 fully saturated rings. The van der Waals surface area contributed by atoms with Crippen LogP contribution < -0.4 is 0 Å². The first kappa shape index (κ1) is 16.3. The van der Waals surface area contributed by atoms with E-state index in [1.165, 1.54) is 63.4 Å². The molecular formula is C19H32. The van der Waals surface area contributed by atoms with E-state index in [0.29, 0.717) is 5.41 Å². The van der Waals surface area contributed by atoms with Gasteiger partial charge in [-0.2, -0.15) is 0 Å². The largest absolute Gasteiger partial charge is 0.0654 e. The first-order valence-corrected chi connectivity index (χ1v) is 8.22. The van der Waals surface area contributed by atoms with Gasteiger partial charge in [0.05, 0.1) is 0 Å². The molecule has 0 amide bonds. The molecule has 0 radical (unpaired) electrons. The Bertz CT molecular complexity index is 310. The number of rotatable bonds is 10. The molecule has 0 aromatic heterocycles. The van der Waals surface area contributed by atoms with Gasteiger partial charge in [-0.05, 0) is 17.4 Å². The Kier molecular flexibility index (Phi) is 7.86. The van der Waals surface area contributed by atoms with Crippen LogP contribution in [0.4, 0.5) is 0 Å². The van der Waals surface area contributed by atoms with E-state index >= 15 is 0 Å². The summed E-state index contributed by atoms with van der Waals surface area (Å²) >= 11 is 0. The average molecular weight is 260 g/mol. The third kappa shape index (κ3) is 6.80. The lowest BCUT2D eigenvalue weighted by Crippen LogP contribution is -2.16. The van der Waals surface area contributed by atoms with Gasteiger partial charge in [-0.3, -0.25) is 0 Å². The standard InChI is InChI=1S/C19H32/c1-4-5-6-7-8-9-10-14-17-19(2,3)18-15-12-11-13-16-18/h11-13,15-16H,4-10,14,17H2,1-3H3. The number of unbranched alkanes of at least 4 members (excludes halogenated alkanes) is 7.